The zero-order chi connectivity index (χ0) is 10.1. The van der Waals surface area contributed by atoms with E-state index >= 15 is 0 Å². The highest BCUT2D eigenvalue weighted by atomic mass is 16.1. The van der Waals surface area contributed by atoms with Gasteiger partial charge in [0.15, 0.2) is 0 Å². The van der Waals surface area contributed by atoms with Crippen LogP contribution in [0.15, 0.2) is 0 Å². The molecule has 0 radical (unpaired) electrons. The summed E-state index contributed by atoms with van der Waals surface area (Å²) in [6.07, 6.45) is 10.0. The lowest BCUT2D eigenvalue weighted by Crippen LogP contribution is -2.47. The van der Waals surface area contributed by atoms with Gasteiger partial charge in [0.1, 0.15) is 5.78 Å². The predicted molar refractivity (Wildman–Crippen MR) is 55.8 cm³/mol. The molecule has 2 nitrogen and oxygen atoms in total. The second-order valence-corrected chi connectivity index (χ2v) is 4.54. The molecule has 2 heteroatoms. The van der Waals surface area contributed by atoms with Crippen molar-refractivity contribution in [2.45, 2.75) is 57.2 Å². The van der Waals surface area contributed by atoms with Crippen molar-refractivity contribution >= 4 is 5.78 Å². The second kappa shape index (κ2) is 3.74. The number of carbonyl (C=O) groups excluding carboxylic acids is 1. The van der Waals surface area contributed by atoms with E-state index in [4.69, 9.17) is 6.42 Å². The highest BCUT2D eigenvalue weighted by Crippen LogP contribution is 2.35. The van der Waals surface area contributed by atoms with E-state index in [9.17, 15) is 4.79 Å². The van der Waals surface area contributed by atoms with Crippen LogP contribution in [0.3, 0.4) is 0 Å². The summed E-state index contributed by atoms with van der Waals surface area (Å²) in [5, 5.41) is 0. The summed E-state index contributed by atoms with van der Waals surface area (Å²) in [6, 6.07) is 1.43. The summed E-state index contributed by atoms with van der Waals surface area (Å²) in [5.74, 6) is 3.16. The Bertz CT molecular complexity index is 263. The molecule has 0 amide bonds. The Hall–Kier alpha value is -0.810. The molecule has 2 aliphatic heterocycles. The van der Waals surface area contributed by atoms with Crippen molar-refractivity contribution in [3.63, 3.8) is 0 Å². The molecule has 0 aromatic heterocycles. The first-order valence-corrected chi connectivity index (χ1v) is 5.45. The maximum absolute atomic E-state index is 11.4. The first-order chi connectivity index (χ1) is 6.72. The summed E-state index contributed by atoms with van der Waals surface area (Å²) < 4.78 is 0. The monoisotopic (exact) mass is 191 g/mol. The van der Waals surface area contributed by atoms with Crippen molar-refractivity contribution in [1.82, 2.24) is 4.90 Å². The maximum Gasteiger partial charge on any atom is 0.136 e. The fraction of sp³-hybridized carbons (Fsp3) is 0.750. The summed E-state index contributed by atoms with van der Waals surface area (Å²) in [5.41, 5.74) is 0. The number of Topliss-reactive ketones (excluding diaryl/α,β-unsaturated/α-hetero) is 1. The van der Waals surface area contributed by atoms with Gasteiger partial charge >= 0.3 is 0 Å². The number of hydrogen-bond acceptors (Lipinski definition) is 2. The Kier molecular flexibility index (Phi) is 2.60. The number of carbonyl (C=O) groups is 1. The van der Waals surface area contributed by atoms with Gasteiger partial charge in [-0.2, -0.15) is 0 Å². The third-order valence-electron chi connectivity index (χ3n) is 3.53. The normalized spacial score (nSPS) is 34.1. The molecule has 0 aliphatic carbocycles. The van der Waals surface area contributed by atoms with E-state index in [2.05, 4.69) is 17.7 Å². The highest BCUT2D eigenvalue weighted by molar-refractivity contribution is 5.81. The largest absolute Gasteiger partial charge is 0.300 e. The molecule has 0 spiro atoms. The van der Waals surface area contributed by atoms with Crippen molar-refractivity contribution in [1.29, 1.82) is 0 Å². The smallest absolute Gasteiger partial charge is 0.136 e. The van der Waals surface area contributed by atoms with Gasteiger partial charge < -0.3 is 0 Å². The summed E-state index contributed by atoms with van der Waals surface area (Å²) in [4.78, 5) is 13.9. The fourth-order valence-electron chi connectivity index (χ4n) is 3.00. The lowest BCUT2D eigenvalue weighted by Gasteiger charge is -2.38. The lowest BCUT2D eigenvalue weighted by atomic mass is 9.98. The molecule has 2 rings (SSSR count). The van der Waals surface area contributed by atoms with Gasteiger partial charge in [-0.15, -0.1) is 12.3 Å². The van der Waals surface area contributed by atoms with Gasteiger partial charge in [-0.05, 0) is 19.8 Å². The van der Waals surface area contributed by atoms with E-state index in [1.807, 2.05) is 0 Å². The number of hydrogen-bond donors (Lipinski definition) is 0. The van der Waals surface area contributed by atoms with Gasteiger partial charge in [0, 0.05) is 37.4 Å². The van der Waals surface area contributed by atoms with Crippen LogP contribution in [0.5, 0.6) is 0 Å². The van der Waals surface area contributed by atoms with E-state index in [1.165, 1.54) is 12.8 Å². The van der Waals surface area contributed by atoms with Crippen molar-refractivity contribution in [3.8, 4) is 12.3 Å². The number of nitrogens with zero attached hydrogens (tertiary/aromatic N) is 1. The Labute approximate surface area is 85.7 Å². The molecule has 0 saturated carbocycles. The third kappa shape index (κ3) is 1.57. The van der Waals surface area contributed by atoms with Gasteiger partial charge in [-0.3, -0.25) is 9.69 Å². The molecule has 2 bridgehead atoms. The molecule has 2 fully saturated rings. The standard InChI is InChI=1S/C12H17NO/c1-3-4-9(2)13-10-5-6-11(13)8-12(14)7-10/h1,9-11H,4-8H2,2H3. The van der Waals surface area contributed by atoms with Crippen LogP contribution in [0.2, 0.25) is 0 Å². The molecule has 2 saturated heterocycles. The van der Waals surface area contributed by atoms with Crippen LogP contribution in [0.25, 0.3) is 0 Å². The fourth-order valence-corrected chi connectivity index (χ4v) is 3.00. The van der Waals surface area contributed by atoms with Gasteiger partial charge in [-0.1, -0.05) is 0 Å². The number of ketones is 1. The van der Waals surface area contributed by atoms with Crippen molar-refractivity contribution in [2.75, 3.05) is 0 Å². The predicted octanol–water partition coefficient (Wildman–Crippen LogP) is 1.59. The molecule has 14 heavy (non-hydrogen) atoms. The van der Waals surface area contributed by atoms with E-state index in [1.54, 1.807) is 0 Å². The van der Waals surface area contributed by atoms with E-state index in [0.717, 1.165) is 19.3 Å². The zero-order valence-electron chi connectivity index (χ0n) is 8.70. The van der Waals surface area contributed by atoms with Crippen LogP contribution in [-0.2, 0) is 4.79 Å². The molecule has 0 N–H and O–H groups in total. The van der Waals surface area contributed by atoms with Crippen LogP contribution in [0.1, 0.15) is 39.0 Å². The van der Waals surface area contributed by atoms with Gasteiger partial charge in [0.2, 0.25) is 0 Å². The minimum Gasteiger partial charge on any atom is -0.300 e. The molecular weight excluding hydrogens is 174 g/mol. The molecule has 2 heterocycles. The number of fused-ring (bicyclic) bond motifs is 2. The summed E-state index contributed by atoms with van der Waals surface area (Å²) in [6.45, 7) is 2.18. The Morgan fingerprint density at radius 3 is 2.57 bits per heavy atom. The lowest BCUT2D eigenvalue weighted by molar-refractivity contribution is -0.124. The van der Waals surface area contributed by atoms with Crippen molar-refractivity contribution in [3.05, 3.63) is 0 Å². The average molecular weight is 191 g/mol. The maximum atomic E-state index is 11.4. The van der Waals surface area contributed by atoms with Crippen LogP contribution in [0, 0.1) is 12.3 Å². The molecule has 2 aliphatic rings. The topological polar surface area (TPSA) is 20.3 Å². The second-order valence-electron chi connectivity index (χ2n) is 4.54. The van der Waals surface area contributed by atoms with E-state index < -0.39 is 0 Å². The quantitative estimate of drug-likeness (QED) is 0.618. The molecule has 0 aromatic carbocycles. The minimum atomic E-state index is 0.446. The number of terminal acetylenes is 1. The van der Waals surface area contributed by atoms with Crippen LogP contribution >= 0.6 is 0 Å². The molecule has 76 valence electrons. The molecule has 3 atom stereocenters. The van der Waals surface area contributed by atoms with Gasteiger partial charge in [-0.25, -0.2) is 0 Å². The molecular formula is C12H17NO. The number of piperidine rings is 1. The zero-order valence-corrected chi connectivity index (χ0v) is 8.70. The summed E-state index contributed by atoms with van der Waals surface area (Å²) in [7, 11) is 0. The van der Waals surface area contributed by atoms with Crippen molar-refractivity contribution < 1.29 is 4.79 Å². The minimum absolute atomic E-state index is 0.446. The molecule has 0 aromatic rings. The average Bonchev–Trinajstić information content (AvgIpc) is 2.39. The Morgan fingerprint density at radius 2 is 2.07 bits per heavy atom. The van der Waals surface area contributed by atoms with Gasteiger partial charge in [0.05, 0.1) is 0 Å². The van der Waals surface area contributed by atoms with Crippen LogP contribution < -0.4 is 0 Å². The van der Waals surface area contributed by atoms with Crippen LogP contribution in [-0.4, -0.2) is 28.8 Å². The summed E-state index contributed by atoms with van der Waals surface area (Å²) >= 11 is 0. The Balaban J connectivity index is 2.07. The van der Waals surface area contributed by atoms with Gasteiger partial charge in [0.25, 0.3) is 0 Å². The SMILES string of the molecule is C#CCC(C)N1C2CCC1CC(=O)C2. The molecule has 3 unspecified atom stereocenters. The number of rotatable bonds is 2. The Morgan fingerprint density at radius 1 is 1.50 bits per heavy atom. The highest BCUT2D eigenvalue weighted by Gasteiger charge is 2.41. The van der Waals surface area contributed by atoms with Crippen molar-refractivity contribution in [2.24, 2.45) is 0 Å². The van der Waals surface area contributed by atoms with E-state index in [0.29, 0.717) is 23.9 Å². The first-order valence-electron chi connectivity index (χ1n) is 5.45. The van der Waals surface area contributed by atoms with Crippen LogP contribution in [0.4, 0.5) is 0 Å². The van der Waals surface area contributed by atoms with E-state index in [-0.39, 0.29) is 0 Å². The third-order valence-corrected chi connectivity index (χ3v) is 3.53. The first kappa shape index (κ1) is 9.73.